The van der Waals surface area contributed by atoms with Crippen LogP contribution in [0.1, 0.15) is 17.4 Å². The standard InChI is InChI=1S/C19H15ClN4.2C2HF3O2/c20-15-4-1-13(2-5-15)18(21)19-23-16-6-3-14(11-17(16)24-19)12-7-9-22-10-8-12;2*3-2(4,5)1(6)7/h1-11,18H,21H2,(H,23,24);2*(H,6,7). The first kappa shape index (κ1) is 30.1. The molecule has 0 saturated heterocycles. The largest absolute Gasteiger partial charge is 0.490 e. The van der Waals surface area contributed by atoms with Crippen molar-refractivity contribution in [3.05, 3.63) is 83.4 Å². The number of carbonyl (C=O) groups is 2. The van der Waals surface area contributed by atoms with E-state index in [0.29, 0.717) is 5.02 Å². The van der Waals surface area contributed by atoms with E-state index in [-0.39, 0.29) is 6.04 Å². The van der Waals surface area contributed by atoms with Gasteiger partial charge in [0.25, 0.3) is 0 Å². The van der Waals surface area contributed by atoms with Crippen LogP contribution in [0.25, 0.3) is 22.2 Å². The van der Waals surface area contributed by atoms with Gasteiger partial charge in [-0.05, 0) is 53.1 Å². The fraction of sp³-hybridized carbons (Fsp3) is 0.130. The maximum absolute atomic E-state index is 10.6. The Labute approximate surface area is 214 Å². The number of aromatic amines is 1. The van der Waals surface area contributed by atoms with Crippen molar-refractivity contribution >= 4 is 34.6 Å². The summed E-state index contributed by atoms with van der Waals surface area (Å²) in [5.74, 6) is -4.78. The molecule has 0 aliphatic carbocycles. The first-order valence-corrected chi connectivity index (χ1v) is 10.5. The Bertz CT molecular complexity index is 1350. The molecule has 5 N–H and O–H groups in total. The number of nitrogens with one attached hydrogen (secondary N) is 1. The molecule has 0 bridgehead atoms. The Morgan fingerprint density at radius 3 is 1.82 bits per heavy atom. The molecule has 2 heterocycles. The van der Waals surface area contributed by atoms with Crippen molar-refractivity contribution in [2.45, 2.75) is 18.4 Å². The fourth-order valence-electron chi connectivity index (χ4n) is 2.73. The third kappa shape index (κ3) is 8.74. The number of halogens is 7. The van der Waals surface area contributed by atoms with Crippen molar-refractivity contribution < 1.29 is 46.1 Å². The predicted molar refractivity (Wildman–Crippen MR) is 124 cm³/mol. The van der Waals surface area contributed by atoms with Gasteiger partial charge in [0.1, 0.15) is 5.82 Å². The molecule has 4 rings (SSSR count). The molecule has 38 heavy (non-hydrogen) atoms. The van der Waals surface area contributed by atoms with Crippen LogP contribution in [0.2, 0.25) is 5.02 Å². The summed E-state index contributed by atoms with van der Waals surface area (Å²) in [6.07, 6.45) is -6.59. The zero-order valence-corrected chi connectivity index (χ0v) is 19.5. The molecule has 0 radical (unpaired) electrons. The minimum absolute atomic E-state index is 0.320. The molecule has 8 nitrogen and oxygen atoms in total. The SMILES string of the molecule is NC(c1ccc(Cl)cc1)c1nc2ccc(-c3ccncc3)cc2[nH]1.O=C(O)C(F)(F)F.O=C(O)C(F)(F)F. The van der Waals surface area contributed by atoms with Gasteiger partial charge in [-0.1, -0.05) is 29.8 Å². The lowest BCUT2D eigenvalue weighted by atomic mass is 10.1. The summed E-state index contributed by atoms with van der Waals surface area (Å²) < 4.78 is 63.5. The molecular formula is C23H17ClF6N4O4. The number of hydrogen-bond donors (Lipinski definition) is 4. The number of rotatable bonds is 3. The van der Waals surface area contributed by atoms with Gasteiger partial charge in [0.15, 0.2) is 0 Å². The molecule has 0 aliphatic rings. The number of nitrogens with zero attached hydrogens (tertiary/aromatic N) is 2. The molecule has 0 spiro atoms. The van der Waals surface area contributed by atoms with Crippen LogP contribution in [0.4, 0.5) is 26.3 Å². The predicted octanol–water partition coefficient (Wildman–Crippen LogP) is 5.59. The highest BCUT2D eigenvalue weighted by Gasteiger charge is 2.38. The molecule has 0 amide bonds. The zero-order chi connectivity index (χ0) is 28.7. The van der Waals surface area contributed by atoms with E-state index in [4.69, 9.17) is 37.1 Å². The summed E-state index contributed by atoms with van der Waals surface area (Å²) in [7, 11) is 0. The number of aliphatic carboxylic acids is 2. The number of carboxylic acids is 2. The van der Waals surface area contributed by atoms with E-state index in [0.717, 1.165) is 33.5 Å². The molecular weight excluding hydrogens is 546 g/mol. The summed E-state index contributed by atoms with van der Waals surface area (Å²) in [5, 5.41) is 14.9. The highest BCUT2D eigenvalue weighted by molar-refractivity contribution is 6.30. The smallest absolute Gasteiger partial charge is 0.475 e. The maximum atomic E-state index is 10.6. The normalized spacial score (nSPS) is 12.0. The Hall–Kier alpha value is -4.17. The van der Waals surface area contributed by atoms with Crippen molar-refractivity contribution in [1.29, 1.82) is 0 Å². The van der Waals surface area contributed by atoms with Gasteiger partial charge in [-0.3, -0.25) is 4.98 Å². The van der Waals surface area contributed by atoms with Gasteiger partial charge >= 0.3 is 24.3 Å². The van der Waals surface area contributed by atoms with Crippen molar-refractivity contribution in [1.82, 2.24) is 15.0 Å². The topological polar surface area (TPSA) is 142 Å². The summed E-state index contributed by atoms with van der Waals surface area (Å²) in [4.78, 5) is 29.8. The number of H-pyrrole nitrogens is 1. The molecule has 0 saturated carbocycles. The van der Waals surface area contributed by atoms with Crippen LogP contribution < -0.4 is 5.73 Å². The van der Waals surface area contributed by atoms with E-state index in [1.165, 1.54) is 0 Å². The zero-order valence-electron chi connectivity index (χ0n) is 18.8. The molecule has 202 valence electrons. The molecule has 2 aromatic heterocycles. The van der Waals surface area contributed by atoms with Crippen molar-refractivity contribution in [3.8, 4) is 11.1 Å². The van der Waals surface area contributed by atoms with E-state index >= 15 is 0 Å². The van der Waals surface area contributed by atoms with E-state index in [1.54, 1.807) is 12.4 Å². The van der Waals surface area contributed by atoms with Gasteiger partial charge in [0.05, 0.1) is 17.1 Å². The van der Waals surface area contributed by atoms with Gasteiger partial charge < -0.3 is 20.9 Å². The quantitative estimate of drug-likeness (QED) is 0.238. The lowest BCUT2D eigenvalue weighted by Crippen LogP contribution is -2.21. The molecule has 4 aromatic rings. The third-order valence-corrected chi connectivity index (χ3v) is 4.77. The third-order valence-electron chi connectivity index (χ3n) is 4.52. The minimum atomic E-state index is -5.08. The second-order valence-corrected chi connectivity index (χ2v) is 7.66. The highest BCUT2D eigenvalue weighted by atomic mass is 35.5. The number of alkyl halides is 6. The highest BCUT2D eigenvalue weighted by Crippen LogP contribution is 2.26. The summed E-state index contributed by atoms with van der Waals surface area (Å²) in [6.45, 7) is 0. The van der Waals surface area contributed by atoms with Crippen LogP contribution in [0.3, 0.4) is 0 Å². The van der Waals surface area contributed by atoms with Crippen LogP contribution in [0.15, 0.2) is 67.0 Å². The van der Waals surface area contributed by atoms with Crippen LogP contribution in [-0.2, 0) is 9.59 Å². The minimum Gasteiger partial charge on any atom is -0.475 e. The van der Waals surface area contributed by atoms with E-state index < -0.39 is 24.3 Å². The molecule has 15 heteroatoms. The Morgan fingerprint density at radius 2 is 1.34 bits per heavy atom. The average Bonchev–Trinajstić information content (AvgIpc) is 3.28. The first-order chi connectivity index (χ1) is 17.6. The Balaban J connectivity index is 0.000000301. The molecule has 1 atom stereocenters. The van der Waals surface area contributed by atoms with Gasteiger partial charge in [-0.15, -0.1) is 0 Å². The van der Waals surface area contributed by atoms with Gasteiger partial charge in [0, 0.05) is 17.4 Å². The monoisotopic (exact) mass is 562 g/mol. The second-order valence-electron chi connectivity index (χ2n) is 7.22. The van der Waals surface area contributed by atoms with Gasteiger partial charge in [0.2, 0.25) is 0 Å². The lowest BCUT2D eigenvalue weighted by molar-refractivity contribution is -0.193. The maximum Gasteiger partial charge on any atom is 0.490 e. The van der Waals surface area contributed by atoms with Crippen molar-refractivity contribution in [3.63, 3.8) is 0 Å². The van der Waals surface area contributed by atoms with E-state index in [9.17, 15) is 26.3 Å². The van der Waals surface area contributed by atoms with Crippen LogP contribution in [-0.4, -0.2) is 49.5 Å². The summed E-state index contributed by atoms with van der Waals surface area (Å²) in [6, 6.07) is 17.3. The number of carboxylic acid groups (broad SMARTS) is 2. The number of pyridine rings is 1. The number of imidazole rings is 1. The number of benzene rings is 2. The van der Waals surface area contributed by atoms with Crippen molar-refractivity contribution in [2.24, 2.45) is 5.73 Å². The van der Waals surface area contributed by atoms with E-state index in [1.807, 2.05) is 42.5 Å². The molecule has 0 fully saturated rings. The van der Waals surface area contributed by atoms with Crippen LogP contribution >= 0.6 is 11.6 Å². The number of aromatic nitrogens is 3. The van der Waals surface area contributed by atoms with E-state index in [2.05, 4.69) is 27.1 Å². The van der Waals surface area contributed by atoms with Crippen LogP contribution in [0.5, 0.6) is 0 Å². The molecule has 2 aromatic carbocycles. The lowest BCUT2D eigenvalue weighted by Gasteiger charge is -2.08. The Morgan fingerprint density at radius 1 is 0.842 bits per heavy atom. The molecule has 0 aliphatic heterocycles. The summed E-state index contributed by atoms with van der Waals surface area (Å²) in [5.41, 5.74) is 11.4. The molecule has 1 unspecified atom stereocenters. The number of fused-ring (bicyclic) bond motifs is 1. The second kappa shape index (κ2) is 12.4. The average molecular weight is 563 g/mol. The Kier molecular flexibility index (Phi) is 9.79. The fourth-order valence-corrected chi connectivity index (χ4v) is 2.85. The van der Waals surface area contributed by atoms with Crippen molar-refractivity contribution in [2.75, 3.05) is 0 Å². The number of hydrogen-bond acceptors (Lipinski definition) is 5. The summed E-state index contributed by atoms with van der Waals surface area (Å²) >= 11 is 5.93. The first-order valence-electron chi connectivity index (χ1n) is 10.1. The van der Waals surface area contributed by atoms with Gasteiger partial charge in [-0.25, -0.2) is 14.6 Å². The van der Waals surface area contributed by atoms with Gasteiger partial charge in [-0.2, -0.15) is 26.3 Å². The van der Waals surface area contributed by atoms with Crippen LogP contribution in [0, 0.1) is 0 Å². The number of nitrogens with two attached hydrogens (primary N) is 1.